The van der Waals surface area contributed by atoms with Crippen molar-refractivity contribution in [3.8, 4) is 5.95 Å². The molecule has 0 bridgehead atoms. The molecule has 0 spiro atoms. The lowest BCUT2D eigenvalue weighted by atomic mass is 10.4. The van der Waals surface area contributed by atoms with E-state index in [4.69, 9.17) is 11.6 Å². The molecule has 0 radical (unpaired) electrons. The number of aromatic nitrogens is 8. The van der Waals surface area contributed by atoms with E-state index in [0.717, 1.165) is 5.82 Å². The third-order valence-electron chi connectivity index (χ3n) is 2.58. The molecule has 0 unspecified atom stereocenters. The van der Waals surface area contributed by atoms with Gasteiger partial charge >= 0.3 is 0 Å². The Labute approximate surface area is 125 Å². The molecular weight excluding hydrogens is 294 g/mol. The molecule has 10 heteroatoms. The highest BCUT2D eigenvalue weighted by molar-refractivity contribution is 6.28. The molecule has 21 heavy (non-hydrogen) atoms. The van der Waals surface area contributed by atoms with Crippen LogP contribution in [0.3, 0.4) is 0 Å². The number of hydrogen-bond donors (Lipinski definition) is 1. The molecule has 0 aliphatic rings. The van der Waals surface area contributed by atoms with Gasteiger partial charge in [0.25, 0.3) is 5.95 Å². The first-order valence-corrected chi connectivity index (χ1v) is 6.58. The Kier molecular flexibility index (Phi) is 3.73. The number of rotatable bonds is 5. The van der Waals surface area contributed by atoms with Crippen molar-refractivity contribution in [3.63, 3.8) is 0 Å². The Morgan fingerprint density at radius 3 is 2.90 bits per heavy atom. The SMILES string of the molecule is Cn1cnc(CCNc2nc(Cl)nc(-n3cccn3)n2)n1. The van der Waals surface area contributed by atoms with Gasteiger partial charge in [-0.15, -0.1) is 0 Å². The lowest BCUT2D eigenvalue weighted by molar-refractivity contribution is 0.740. The second kappa shape index (κ2) is 5.83. The first-order valence-electron chi connectivity index (χ1n) is 6.21. The molecule has 0 saturated heterocycles. The average molecular weight is 306 g/mol. The maximum absolute atomic E-state index is 5.89. The summed E-state index contributed by atoms with van der Waals surface area (Å²) in [5.74, 6) is 1.49. The van der Waals surface area contributed by atoms with Gasteiger partial charge < -0.3 is 5.32 Å². The van der Waals surface area contributed by atoms with Crippen LogP contribution in [0.15, 0.2) is 24.8 Å². The molecule has 3 heterocycles. The standard InChI is InChI=1S/C11H12ClN9/c1-20-7-14-8(19-20)3-5-13-10-16-9(12)17-11(18-10)21-6-2-4-15-21/h2,4,6-7H,3,5H2,1H3,(H,13,16,17,18). The van der Waals surface area contributed by atoms with Crippen LogP contribution in [-0.2, 0) is 13.5 Å². The van der Waals surface area contributed by atoms with Gasteiger partial charge in [-0.05, 0) is 17.7 Å². The molecule has 0 amide bonds. The monoisotopic (exact) mass is 305 g/mol. The molecule has 0 aliphatic heterocycles. The zero-order valence-electron chi connectivity index (χ0n) is 11.2. The van der Waals surface area contributed by atoms with E-state index in [0.29, 0.717) is 24.9 Å². The molecule has 0 aromatic carbocycles. The minimum atomic E-state index is 0.106. The minimum Gasteiger partial charge on any atom is -0.354 e. The third kappa shape index (κ3) is 3.31. The van der Waals surface area contributed by atoms with E-state index in [1.165, 1.54) is 4.68 Å². The smallest absolute Gasteiger partial charge is 0.256 e. The van der Waals surface area contributed by atoms with Crippen LogP contribution in [0.4, 0.5) is 5.95 Å². The number of hydrogen-bond acceptors (Lipinski definition) is 7. The first kappa shape index (κ1) is 13.4. The van der Waals surface area contributed by atoms with Crippen LogP contribution in [0, 0.1) is 0 Å². The fourth-order valence-corrected chi connectivity index (χ4v) is 1.85. The van der Waals surface area contributed by atoms with Crippen LogP contribution in [0.5, 0.6) is 0 Å². The van der Waals surface area contributed by atoms with Crippen molar-refractivity contribution in [3.05, 3.63) is 35.9 Å². The summed E-state index contributed by atoms with van der Waals surface area (Å²) in [6, 6.07) is 1.78. The molecular formula is C11H12ClN9. The van der Waals surface area contributed by atoms with Crippen molar-refractivity contribution in [2.24, 2.45) is 7.05 Å². The van der Waals surface area contributed by atoms with E-state index in [2.05, 4.69) is 35.5 Å². The first-order chi connectivity index (χ1) is 10.2. The van der Waals surface area contributed by atoms with Gasteiger partial charge in [-0.25, -0.2) is 9.67 Å². The Balaban J connectivity index is 1.68. The summed E-state index contributed by atoms with van der Waals surface area (Å²) in [5, 5.41) is 11.4. The highest BCUT2D eigenvalue weighted by Gasteiger charge is 2.07. The largest absolute Gasteiger partial charge is 0.354 e. The fraction of sp³-hybridized carbons (Fsp3) is 0.273. The summed E-state index contributed by atoms with van der Waals surface area (Å²) in [4.78, 5) is 16.4. The molecule has 9 nitrogen and oxygen atoms in total. The zero-order chi connectivity index (χ0) is 14.7. The topological polar surface area (TPSA) is 99.2 Å². The number of anilines is 1. The van der Waals surface area contributed by atoms with Crippen LogP contribution in [0.2, 0.25) is 5.28 Å². The fourth-order valence-electron chi connectivity index (χ4n) is 1.69. The van der Waals surface area contributed by atoms with Gasteiger partial charge in [-0.2, -0.15) is 25.1 Å². The predicted octanol–water partition coefficient (Wildman–Crippen LogP) is 0.494. The average Bonchev–Trinajstić information content (AvgIpc) is 3.10. The Bertz CT molecular complexity index is 721. The van der Waals surface area contributed by atoms with Crippen molar-refractivity contribution in [1.29, 1.82) is 0 Å². The number of halogens is 1. The summed E-state index contributed by atoms with van der Waals surface area (Å²) in [7, 11) is 1.83. The molecule has 108 valence electrons. The molecule has 0 aliphatic carbocycles. The molecule has 1 N–H and O–H groups in total. The summed E-state index contributed by atoms with van der Waals surface area (Å²) >= 11 is 5.89. The Hall–Kier alpha value is -2.55. The van der Waals surface area contributed by atoms with Crippen LogP contribution >= 0.6 is 11.6 Å². The number of aryl methyl sites for hydroxylation is 1. The van der Waals surface area contributed by atoms with Crippen molar-refractivity contribution in [1.82, 2.24) is 39.5 Å². The molecule has 3 rings (SSSR count). The van der Waals surface area contributed by atoms with Crippen LogP contribution in [-0.4, -0.2) is 46.0 Å². The van der Waals surface area contributed by atoms with E-state index in [-0.39, 0.29) is 5.28 Å². The highest BCUT2D eigenvalue weighted by Crippen LogP contribution is 2.08. The van der Waals surface area contributed by atoms with Crippen molar-refractivity contribution < 1.29 is 0 Å². The maximum Gasteiger partial charge on any atom is 0.256 e. The highest BCUT2D eigenvalue weighted by atomic mass is 35.5. The minimum absolute atomic E-state index is 0.106. The molecule has 0 atom stereocenters. The van der Waals surface area contributed by atoms with E-state index < -0.39 is 0 Å². The summed E-state index contributed by atoms with van der Waals surface area (Å²) in [6.07, 6.45) is 5.68. The van der Waals surface area contributed by atoms with Crippen molar-refractivity contribution in [2.75, 3.05) is 11.9 Å². The zero-order valence-corrected chi connectivity index (χ0v) is 11.9. The molecule has 0 saturated carbocycles. The van der Waals surface area contributed by atoms with Gasteiger partial charge in [0.2, 0.25) is 11.2 Å². The summed E-state index contributed by atoms with van der Waals surface area (Å²) in [6.45, 7) is 0.586. The molecule has 3 aromatic heterocycles. The van der Waals surface area contributed by atoms with E-state index in [1.54, 1.807) is 29.5 Å². The van der Waals surface area contributed by atoms with Crippen molar-refractivity contribution in [2.45, 2.75) is 6.42 Å². The predicted molar refractivity (Wildman–Crippen MR) is 75.2 cm³/mol. The summed E-state index contributed by atoms with van der Waals surface area (Å²) in [5.41, 5.74) is 0. The Morgan fingerprint density at radius 2 is 2.19 bits per heavy atom. The maximum atomic E-state index is 5.89. The van der Waals surface area contributed by atoms with E-state index in [9.17, 15) is 0 Å². The van der Waals surface area contributed by atoms with Crippen LogP contribution < -0.4 is 5.32 Å². The number of nitrogens with zero attached hydrogens (tertiary/aromatic N) is 8. The normalized spacial score (nSPS) is 10.8. The lowest BCUT2D eigenvalue weighted by Crippen LogP contribution is -2.12. The second-order valence-electron chi connectivity index (χ2n) is 4.19. The van der Waals surface area contributed by atoms with Gasteiger partial charge in [0.05, 0.1) is 0 Å². The van der Waals surface area contributed by atoms with E-state index >= 15 is 0 Å². The van der Waals surface area contributed by atoms with Crippen LogP contribution in [0.25, 0.3) is 5.95 Å². The van der Waals surface area contributed by atoms with Crippen molar-refractivity contribution >= 4 is 17.5 Å². The molecule has 0 fully saturated rings. The summed E-state index contributed by atoms with van der Waals surface area (Å²) < 4.78 is 3.17. The molecule has 3 aromatic rings. The van der Waals surface area contributed by atoms with Crippen LogP contribution in [0.1, 0.15) is 5.82 Å². The Morgan fingerprint density at radius 1 is 1.29 bits per heavy atom. The van der Waals surface area contributed by atoms with Gasteiger partial charge in [0, 0.05) is 32.4 Å². The van der Waals surface area contributed by atoms with Gasteiger partial charge in [-0.1, -0.05) is 0 Å². The lowest BCUT2D eigenvalue weighted by Gasteiger charge is -2.05. The number of nitrogens with one attached hydrogen (secondary N) is 1. The quantitative estimate of drug-likeness (QED) is 0.732. The third-order valence-corrected chi connectivity index (χ3v) is 2.75. The van der Waals surface area contributed by atoms with Gasteiger partial charge in [-0.3, -0.25) is 4.68 Å². The van der Waals surface area contributed by atoms with E-state index in [1.807, 2.05) is 7.05 Å². The second-order valence-corrected chi connectivity index (χ2v) is 4.53. The van der Waals surface area contributed by atoms with Gasteiger partial charge in [0.15, 0.2) is 5.82 Å². The van der Waals surface area contributed by atoms with Gasteiger partial charge in [0.1, 0.15) is 6.33 Å².